The maximum atomic E-state index is 11.4. The van der Waals surface area contributed by atoms with Gasteiger partial charge in [0, 0.05) is 4.57 Å². The average Bonchev–Trinajstić information content (AvgIpc) is 2.24. The normalized spacial score (nSPS) is 14.3. The molecule has 0 spiro atoms. The van der Waals surface area contributed by atoms with Crippen LogP contribution in [0.1, 0.15) is 20.8 Å². The fraction of sp³-hybridized carbons (Fsp3) is 0.889. The molecule has 0 saturated carbocycles. The van der Waals surface area contributed by atoms with Crippen LogP contribution in [0, 0.1) is 5.41 Å². The quantitative estimate of drug-likeness (QED) is 0.235. The largest absolute Gasteiger partial charge is 0.728 e. The first kappa shape index (κ1) is 16.7. The summed E-state index contributed by atoms with van der Waals surface area (Å²) in [5.41, 5.74) is -0.576. The predicted molar refractivity (Wildman–Crippen MR) is 61.7 cm³/mol. The van der Waals surface area contributed by atoms with Gasteiger partial charge in [0.25, 0.3) is 0 Å². The van der Waals surface area contributed by atoms with E-state index in [1.165, 1.54) is 7.11 Å². The molecule has 8 heteroatoms. The summed E-state index contributed by atoms with van der Waals surface area (Å²) in [6, 6.07) is 0. The molecule has 6 nitrogen and oxygen atoms in total. The number of carbonyl (C=O) groups excluding carboxylic acids is 1. The van der Waals surface area contributed by atoms with Crippen LogP contribution >= 0.6 is 19.9 Å². The number of esters is 1. The molecule has 0 bridgehead atoms. The average molecular weight is 288 g/mol. The number of halogens is 1. The first-order valence-corrected chi connectivity index (χ1v) is 6.42. The summed E-state index contributed by atoms with van der Waals surface area (Å²) in [5.74, 6) is -0.355. The van der Waals surface area contributed by atoms with Crippen molar-refractivity contribution in [1.29, 1.82) is 0 Å². The van der Waals surface area contributed by atoms with Crippen molar-refractivity contribution in [2.45, 2.75) is 26.1 Å². The van der Waals surface area contributed by atoms with Gasteiger partial charge in [0.15, 0.2) is 0 Å². The Morgan fingerprint density at radius 1 is 1.35 bits per heavy atom. The van der Waals surface area contributed by atoms with Crippen LogP contribution in [0.2, 0.25) is 0 Å². The highest BCUT2D eigenvalue weighted by atomic mass is 35.5. The Morgan fingerprint density at radius 3 is 2.41 bits per heavy atom. The highest BCUT2D eigenvalue weighted by molar-refractivity contribution is 7.33. The summed E-state index contributed by atoms with van der Waals surface area (Å²) in [6.07, 6.45) is 0. The molecule has 0 aliphatic heterocycles. The molecule has 0 radical (unpaired) electrons. The maximum Gasteiger partial charge on any atom is 0.728 e. The zero-order valence-corrected chi connectivity index (χ0v) is 11.9. The van der Waals surface area contributed by atoms with Crippen molar-refractivity contribution < 1.29 is 28.2 Å². The molecule has 17 heavy (non-hydrogen) atoms. The van der Waals surface area contributed by atoms with E-state index in [1.807, 2.05) is 0 Å². The molecule has 0 aliphatic rings. The van der Waals surface area contributed by atoms with Gasteiger partial charge < -0.3 is 4.74 Å². The lowest BCUT2D eigenvalue weighted by atomic mass is 9.97. The Balaban J connectivity index is 3.70. The Bertz CT molecular complexity index is 265. The molecule has 0 amide bonds. The van der Waals surface area contributed by atoms with Crippen molar-refractivity contribution >= 4 is 25.8 Å². The summed E-state index contributed by atoms with van der Waals surface area (Å²) < 4.78 is 24.2. The number of hydrogen-bond donors (Lipinski definition) is 0. The summed E-state index contributed by atoms with van der Waals surface area (Å²) >= 11 is 5.78. The minimum atomic E-state index is -2.29. The second-order valence-corrected chi connectivity index (χ2v) is 5.79. The van der Waals surface area contributed by atoms with E-state index in [9.17, 15) is 9.36 Å². The van der Waals surface area contributed by atoms with Crippen molar-refractivity contribution in [1.82, 2.24) is 0 Å². The van der Waals surface area contributed by atoms with Crippen molar-refractivity contribution in [2.75, 3.05) is 20.3 Å². The first-order valence-electron chi connectivity index (χ1n) is 4.89. The molecule has 0 heterocycles. The third-order valence-electron chi connectivity index (χ3n) is 1.52. The summed E-state index contributed by atoms with van der Waals surface area (Å²) in [7, 11) is -1.07. The van der Waals surface area contributed by atoms with Crippen LogP contribution in [0.3, 0.4) is 0 Å². The molecule has 0 aromatic rings. The monoisotopic (exact) mass is 287 g/mol. The molecular weight excluding hydrogens is 271 g/mol. The van der Waals surface area contributed by atoms with Crippen LogP contribution in [0.4, 0.5) is 0 Å². The third kappa shape index (κ3) is 8.46. The third-order valence-corrected chi connectivity index (χ3v) is 2.30. The molecular formula is C9H17ClO6P+. The van der Waals surface area contributed by atoms with Gasteiger partial charge in [-0.05, 0) is 20.8 Å². The van der Waals surface area contributed by atoms with Crippen molar-refractivity contribution in [2.24, 2.45) is 5.41 Å². The van der Waals surface area contributed by atoms with E-state index in [1.54, 1.807) is 20.8 Å². The van der Waals surface area contributed by atoms with Gasteiger partial charge in [0.2, 0.25) is 0 Å². The van der Waals surface area contributed by atoms with Gasteiger partial charge in [-0.25, -0.2) is 0 Å². The highest BCUT2D eigenvalue weighted by Crippen LogP contribution is 2.22. The van der Waals surface area contributed by atoms with E-state index in [2.05, 4.69) is 14.1 Å². The van der Waals surface area contributed by atoms with Gasteiger partial charge in [0.1, 0.15) is 13.2 Å². The van der Waals surface area contributed by atoms with Crippen LogP contribution in [0.25, 0.3) is 0 Å². The second-order valence-electron chi connectivity index (χ2n) is 4.21. The smallest absolute Gasteiger partial charge is 0.464 e. The highest BCUT2D eigenvalue weighted by Gasteiger charge is 2.25. The van der Waals surface area contributed by atoms with Gasteiger partial charge >= 0.3 is 14.2 Å². The van der Waals surface area contributed by atoms with Crippen molar-refractivity contribution in [3.05, 3.63) is 0 Å². The number of carbonyl (C=O) groups is 1. The van der Waals surface area contributed by atoms with E-state index < -0.39 is 19.0 Å². The van der Waals surface area contributed by atoms with Crippen molar-refractivity contribution in [3.8, 4) is 0 Å². The topological polar surface area (TPSA) is 71.1 Å². The fourth-order valence-corrected chi connectivity index (χ4v) is 0.931. The standard InChI is InChI=1S/C9H17ClO6P/c1-9(2,3)8(11)14-5-7(10)6-15-16-17(12)13-4/h7H,5-6H2,1-4H3/q+1. The van der Waals surface area contributed by atoms with Gasteiger partial charge in [-0.2, -0.15) is 4.89 Å². The Morgan fingerprint density at radius 2 is 1.94 bits per heavy atom. The molecule has 100 valence electrons. The van der Waals surface area contributed by atoms with Gasteiger partial charge in [-0.15, -0.1) is 16.1 Å². The van der Waals surface area contributed by atoms with E-state index in [0.29, 0.717) is 0 Å². The fourth-order valence-electron chi connectivity index (χ4n) is 0.608. The lowest BCUT2D eigenvalue weighted by Gasteiger charge is -2.17. The zero-order chi connectivity index (χ0) is 13.5. The van der Waals surface area contributed by atoms with Crippen LogP contribution in [-0.4, -0.2) is 31.7 Å². The SMILES string of the molecule is CO[P+](=O)OOCC(Cl)COC(=O)C(C)(C)C. The summed E-state index contributed by atoms with van der Waals surface area (Å²) in [4.78, 5) is 15.9. The molecule has 0 aromatic heterocycles. The van der Waals surface area contributed by atoms with Crippen molar-refractivity contribution in [3.63, 3.8) is 0 Å². The summed E-state index contributed by atoms with van der Waals surface area (Å²) in [5, 5.41) is -0.582. The molecule has 0 aliphatic carbocycles. The molecule has 2 atom stereocenters. The number of rotatable bonds is 7. The molecule has 0 aromatic carbocycles. The van der Waals surface area contributed by atoms with Crippen LogP contribution in [0.15, 0.2) is 0 Å². The zero-order valence-electron chi connectivity index (χ0n) is 10.3. The number of hydrogen-bond acceptors (Lipinski definition) is 6. The molecule has 0 saturated heterocycles. The van der Waals surface area contributed by atoms with Crippen LogP contribution in [0.5, 0.6) is 0 Å². The number of alkyl halides is 1. The van der Waals surface area contributed by atoms with E-state index in [0.717, 1.165) is 0 Å². The van der Waals surface area contributed by atoms with Crippen LogP contribution < -0.4 is 0 Å². The molecule has 0 rings (SSSR count). The van der Waals surface area contributed by atoms with E-state index in [4.69, 9.17) is 16.3 Å². The van der Waals surface area contributed by atoms with Gasteiger partial charge in [-0.1, -0.05) is 0 Å². The van der Waals surface area contributed by atoms with E-state index >= 15 is 0 Å². The minimum Gasteiger partial charge on any atom is -0.464 e. The molecule has 2 unspecified atom stereocenters. The number of ether oxygens (including phenoxy) is 1. The van der Waals surface area contributed by atoms with E-state index in [-0.39, 0.29) is 19.2 Å². The minimum absolute atomic E-state index is 0.00914. The molecule has 0 fully saturated rings. The first-order chi connectivity index (χ1) is 7.77. The molecule has 0 N–H and O–H groups in total. The van der Waals surface area contributed by atoms with Gasteiger partial charge in [-0.3, -0.25) is 4.79 Å². The van der Waals surface area contributed by atoms with Crippen LogP contribution in [-0.2, 0) is 28.2 Å². The predicted octanol–water partition coefficient (Wildman–Crippen LogP) is 2.44. The maximum absolute atomic E-state index is 11.4. The Labute approximate surface area is 106 Å². The Hall–Kier alpha value is -0.260. The Kier molecular flexibility index (Phi) is 7.83. The lowest BCUT2D eigenvalue weighted by Crippen LogP contribution is -2.27. The summed E-state index contributed by atoms with van der Waals surface area (Å²) in [6.45, 7) is 5.14. The second kappa shape index (κ2) is 7.95. The lowest BCUT2D eigenvalue weighted by molar-refractivity contribution is -0.210. The van der Waals surface area contributed by atoms with Gasteiger partial charge in [0.05, 0.1) is 22.6 Å².